The molecule has 0 aliphatic carbocycles. The average molecular weight is 691 g/mol. The van der Waals surface area contributed by atoms with E-state index in [-0.39, 0.29) is 6.71 Å². The van der Waals surface area contributed by atoms with Gasteiger partial charge in [0.05, 0.1) is 38.5 Å². The lowest BCUT2D eigenvalue weighted by Gasteiger charge is -2.33. The third-order valence-corrected chi connectivity index (χ3v) is 11.6. The van der Waals surface area contributed by atoms with Crippen molar-refractivity contribution in [1.82, 2.24) is 9.13 Å². The molecule has 0 amide bonds. The summed E-state index contributed by atoms with van der Waals surface area (Å²) in [6.07, 6.45) is 0. The first kappa shape index (κ1) is 28.4. The molecule has 8 aromatic carbocycles. The Kier molecular flexibility index (Phi) is 5.39. The fraction of sp³-hybridized carbons (Fsp3) is 0. The van der Waals surface area contributed by atoms with Crippen molar-refractivity contribution in [1.29, 1.82) is 0 Å². The monoisotopic (exact) mass is 690 g/mol. The Morgan fingerprint density at radius 2 is 0.907 bits per heavy atom. The van der Waals surface area contributed by atoms with Crippen molar-refractivity contribution in [3.63, 3.8) is 0 Å². The van der Waals surface area contributed by atoms with Gasteiger partial charge in [0.25, 0.3) is 6.71 Å². The number of benzene rings is 8. The normalized spacial score (nSPS) is 13.1. The second-order valence-electron chi connectivity index (χ2n) is 14.4. The molecule has 0 spiro atoms. The molecule has 5 nitrogen and oxygen atoms in total. The van der Waals surface area contributed by atoms with E-state index in [1.165, 1.54) is 10.8 Å². The molecule has 0 N–H and O–H groups in total. The SMILES string of the molecule is c1ccc(-n2c3ccccc3c3c4c(c5ccccc5n4-c4cc5c6c(c4)Oc4ccccc4B6c4ccccc4O5)c4oc5ccccc5c4c32)cc1. The fourth-order valence-corrected chi connectivity index (χ4v) is 9.50. The topological polar surface area (TPSA) is 41.5 Å². The first-order chi connectivity index (χ1) is 26.8. The highest BCUT2D eigenvalue weighted by Crippen LogP contribution is 2.50. The van der Waals surface area contributed by atoms with Crippen molar-refractivity contribution in [3.05, 3.63) is 164 Å². The van der Waals surface area contributed by atoms with Crippen molar-refractivity contribution in [2.24, 2.45) is 0 Å². The van der Waals surface area contributed by atoms with Crippen LogP contribution < -0.4 is 25.9 Å². The average Bonchev–Trinajstić information content (AvgIpc) is 3.89. The Labute approximate surface area is 308 Å². The number of furan rings is 1. The fourth-order valence-electron chi connectivity index (χ4n) is 9.50. The lowest BCUT2D eigenvalue weighted by Crippen LogP contribution is -2.57. The van der Waals surface area contributed by atoms with Crippen molar-refractivity contribution >= 4 is 88.7 Å². The van der Waals surface area contributed by atoms with Crippen LogP contribution >= 0.6 is 0 Å². The van der Waals surface area contributed by atoms with E-state index in [1.54, 1.807) is 0 Å². The van der Waals surface area contributed by atoms with Gasteiger partial charge in [-0.15, -0.1) is 0 Å². The van der Waals surface area contributed by atoms with Gasteiger partial charge in [-0.25, -0.2) is 0 Å². The molecule has 0 unspecified atom stereocenters. The summed E-state index contributed by atoms with van der Waals surface area (Å²) in [6.45, 7) is 0.00262. The molecule has 250 valence electrons. The molecule has 0 atom stereocenters. The molecule has 11 aromatic rings. The van der Waals surface area contributed by atoms with Crippen LogP contribution in [0, 0.1) is 0 Å². The molecule has 13 rings (SSSR count). The predicted octanol–water partition coefficient (Wildman–Crippen LogP) is 10.5. The highest BCUT2D eigenvalue weighted by Gasteiger charge is 2.40. The summed E-state index contributed by atoms with van der Waals surface area (Å²) < 4.78 is 25.4. The number of nitrogens with zero attached hydrogens (tertiary/aromatic N) is 2. The number of hydrogen-bond donors (Lipinski definition) is 0. The molecule has 3 aromatic heterocycles. The summed E-state index contributed by atoms with van der Waals surface area (Å²) >= 11 is 0. The first-order valence-electron chi connectivity index (χ1n) is 18.4. The van der Waals surface area contributed by atoms with Crippen molar-refractivity contribution < 1.29 is 13.9 Å². The second kappa shape index (κ2) is 10.2. The summed E-state index contributed by atoms with van der Waals surface area (Å²) in [6, 6.07) is 57.7. The molecule has 54 heavy (non-hydrogen) atoms. The van der Waals surface area contributed by atoms with Crippen LogP contribution in [0.25, 0.3) is 76.9 Å². The Morgan fingerprint density at radius 3 is 1.57 bits per heavy atom. The Bertz CT molecular complexity index is 3340. The number of aromatic nitrogens is 2. The van der Waals surface area contributed by atoms with Crippen LogP contribution in [0.15, 0.2) is 168 Å². The largest absolute Gasteiger partial charge is 0.458 e. The molecule has 0 saturated heterocycles. The van der Waals surface area contributed by atoms with Gasteiger partial charge in [0.2, 0.25) is 0 Å². The van der Waals surface area contributed by atoms with Gasteiger partial charge in [-0.1, -0.05) is 109 Å². The molecular formula is C48H27BN2O3. The third kappa shape index (κ3) is 3.55. The zero-order chi connectivity index (χ0) is 35.1. The minimum atomic E-state index is 0.00262. The number of para-hydroxylation sites is 6. The van der Waals surface area contributed by atoms with E-state index < -0.39 is 0 Å². The summed E-state index contributed by atoms with van der Waals surface area (Å²) in [5.41, 5.74) is 11.6. The summed E-state index contributed by atoms with van der Waals surface area (Å²) in [7, 11) is 0. The molecule has 2 aliphatic heterocycles. The van der Waals surface area contributed by atoms with Crippen LogP contribution in [-0.4, -0.2) is 15.8 Å². The lowest BCUT2D eigenvalue weighted by molar-refractivity contribution is 0.464. The predicted molar refractivity (Wildman–Crippen MR) is 220 cm³/mol. The highest BCUT2D eigenvalue weighted by molar-refractivity contribution is 6.98. The standard InChI is InChI=1S/C48H27BN2O3/c1-2-14-28(15-3-1)50-35-21-9-4-16-30(35)42-46-43(48-44(47(42)50)32-18-6-11-23-37(32)54-48)31-17-5-10-22-36(31)51(46)29-26-40-45-41(27-29)53-39-25-13-8-20-34(39)49(45)33-19-7-12-24-38(33)52-40/h1-27H. The van der Waals surface area contributed by atoms with E-state index >= 15 is 0 Å². The Balaban J connectivity index is 1.24. The van der Waals surface area contributed by atoms with E-state index in [0.29, 0.717) is 0 Å². The van der Waals surface area contributed by atoms with Crippen LogP contribution in [0.2, 0.25) is 0 Å². The molecule has 0 radical (unpaired) electrons. The summed E-state index contributed by atoms with van der Waals surface area (Å²) in [4.78, 5) is 0. The quantitative estimate of drug-likeness (QED) is 0.170. The molecule has 2 aliphatic rings. The van der Waals surface area contributed by atoms with Gasteiger partial charge in [-0.3, -0.25) is 0 Å². The van der Waals surface area contributed by atoms with Gasteiger partial charge in [-0.05, 0) is 53.4 Å². The van der Waals surface area contributed by atoms with Gasteiger partial charge in [0.15, 0.2) is 0 Å². The van der Waals surface area contributed by atoms with E-state index in [4.69, 9.17) is 13.9 Å². The Hall–Kier alpha value is -7.18. The van der Waals surface area contributed by atoms with Gasteiger partial charge in [0.1, 0.15) is 34.2 Å². The zero-order valence-electron chi connectivity index (χ0n) is 28.8. The minimum absolute atomic E-state index is 0.00262. The van der Waals surface area contributed by atoms with E-state index in [0.717, 1.165) is 106 Å². The van der Waals surface area contributed by atoms with Crippen LogP contribution in [0.3, 0.4) is 0 Å². The maximum absolute atomic E-state index is 6.98. The number of hydrogen-bond acceptors (Lipinski definition) is 3. The van der Waals surface area contributed by atoms with E-state index in [9.17, 15) is 0 Å². The highest BCUT2D eigenvalue weighted by atomic mass is 16.5. The number of ether oxygens (including phenoxy) is 2. The second-order valence-corrected chi connectivity index (χ2v) is 14.4. The Morgan fingerprint density at radius 1 is 0.407 bits per heavy atom. The van der Waals surface area contributed by atoms with E-state index in [2.05, 4.69) is 161 Å². The molecule has 5 heterocycles. The van der Waals surface area contributed by atoms with Gasteiger partial charge in [-0.2, -0.15) is 0 Å². The maximum atomic E-state index is 6.98. The third-order valence-electron chi connectivity index (χ3n) is 11.6. The summed E-state index contributed by atoms with van der Waals surface area (Å²) in [5.74, 6) is 3.35. The van der Waals surface area contributed by atoms with Gasteiger partial charge >= 0.3 is 0 Å². The molecule has 0 fully saturated rings. The van der Waals surface area contributed by atoms with Crippen LogP contribution in [0.5, 0.6) is 23.0 Å². The molecule has 0 saturated carbocycles. The molecule has 0 bridgehead atoms. The van der Waals surface area contributed by atoms with Crippen LogP contribution in [0.1, 0.15) is 0 Å². The zero-order valence-corrected chi connectivity index (χ0v) is 28.8. The van der Waals surface area contributed by atoms with Crippen molar-refractivity contribution in [2.75, 3.05) is 0 Å². The van der Waals surface area contributed by atoms with Crippen LogP contribution in [-0.2, 0) is 0 Å². The van der Waals surface area contributed by atoms with E-state index in [1.807, 2.05) is 12.1 Å². The smallest absolute Gasteiger partial charge is 0.260 e. The minimum Gasteiger partial charge on any atom is -0.458 e. The van der Waals surface area contributed by atoms with Crippen molar-refractivity contribution in [3.8, 4) is 34.4 Å². The molecular weight excluding hydrogens is 663 g/mol. The van der Waals surface area contributed by atoms with Gasteiger partial charge in [0, 0.05) is 44.8 Å². The first-order valence-corrected chi connectivity index (χ1v) is 18.4. The van der Waals surface area contributed by atoms with Gasteiger partial charge < -0.3 is 23.0 Å². The lowest BCUT2D eigenvalue weighted by atomic mass is 9.35. The maximum Gasteiger partial charge on any atom is 0.260 e. The number of rotatable bonds is 2. The van der Waals surface area contributed by atoms with Crippen LogP contribution in [0.4, 0.5) is 0 Å². The summed E-state index contributed by atoms with van der Waals surface area (Å²) in [5, 5.41) is 6.76. The number of fused-ring (bicyclic) bond motifs is 16. The van der Waals surface area contributed by atoms with Crippen molar-refractivity contribution in [2.45, 2.75) is 0 Å². The molecule has 6 heteroatoms.